The van der Waals surface area contributed by atoms with Gasteiger partial charge in [-0.15, -0.1) is 0 Å². The lowest BCUT2D eigenvalue weighted by Gasteiger charge is -2.33. The third kappa shape index (κ3) is 8.00. The monoisotopic (exact) mass is 667 g/mol. The number of amides is 2. The number of hydrogen-bond acceptors (Lipinski definition) is 4. The summed E-state index contributed by atoms with van der Waals surface area (Å²) in [5, 5.41) is 3.63. The molecule has 0 aliphatic carbocycles. The molecule has 0 aromatic heterocycles. The highest BCUT2D eigenvalue weighted by molar-refractivity contribution is 9.10. The van der Waals surface area contributed by atoms with Crippen molar-refractivity contribution in [1.82, 2.24) is 10.2 Å². The lowest BCUT2D eigenvalue weighted by atomic mass is 10.1. The fraction of sp³-hybridized carbons (Fsp3) is 0.310. The molecule has 2 amide bonds. The molecule has 0 saturated heterocycles. The van der Waals surface area contributed by atoms with E-state index in [1.807, 2.05) is 13.8 Å². The number of hydrogen-bond donors (Lipinski definition) is 1. The van der Waals surface area contributed by atoms with Crippen molar-refractivity contribution in [2.75, 3.05) is 17.4 Å². The molecule has 11 heteroatoms. The molecule has 0 saturated carbocycles. The Morgan fingerprint density at radius 2 is 1.62 bits per heavy atom. The van der Waals surface area contributed by atoms with Gasteiger partial charge in [0.25, 0.3) is 10.0 Å². The third-order valence-corrected chi connectivity index (χ3v) is 9.20. The first-order valence-electron chi connectivity index (χ1n) is 12.8. The summed E-state index contributed by atoms with van der Waals surface area (Å²) in [5.74, 6) is -0.873. The lowest BCUT2D eigenvalue weighted by Crippen LogP contribution is -2.52. The first-order valence-corrected chi connectivity index (χ1v) is 15.8. The van der Waals surface area contributed by atoms with Crippen LogP contribution in [0.2, 0.25) is 10.0 Å². The van der Waals surface area contributed by atoms with Crippen LogP contribution in [0.5, 0.6) is 0 Å². The zero-order valence-electron chi connectivity index (χ0n) is 22.5. The van der Waals surface area contributed by atoms with Gasteiger partial charge in [-0.05, 0) is 73.9 Å². The number of benzene rings is 3. The normalized spacial score (nSPS) is 12.1. The fourth-order valence-corrected chi connectivity index (χ4v) is 6.24. The highest BCUT2D eigenvalue weighted by atomic mass is 79.9. The van der Waals surface area contributed by atoms with E-state index in [1.54, 1.807) is 61.5 Å². The van der Waals surface area contributed by atoms with Crippen LogP contribution in [0.15, 0.2) is 76.1 Å². The standard InChI is InChI=1S/C29H32BrCl2N3O4S/c1-4-16-33-29(37)27(5-2)34(18-21-8-11-23(31)17-26(21)32)28(36)19-35(24-12-9-22(30)10-13-24)40(38,39)25-14-6-20(3)7-15-25/h6-15,17,27H,4-5,16,18-19H2,1-3H3,(H,33,37)/t27-/m1/s1. The van der Waals surface area contributed by atoms with Gasteiger partial charge >= 0.3 is 0 Å². The second kappa shape index (κ2) is 14.3. The molecule has 0 spiro atoms. The van der Waals surface area contributed by atoms with Gasteiger partial charge in [0.2, 0.25) is 11.8 Å². The molecule has 0 aliphatic heterocycles. The van der Waals surface area contributed by atoms with Crippen LogP contribution in [0.1, 0.15) is 37.8 Å². The highest BCUT2D eigenvalue weighted by Crippen LogP contribution is 2.28. The molecule has 7 nitrogen and oxygen atoms in total. The Morgan fingerprint density at radius 3 is 2.20 bits per heavy atom. The van der Waals surface area contributed by atoms with E-state index in [1.165, 1.54) is 17.0 Å². The number of aryl methyl sites for hydroxylation is 1. The van der Waals surface area contributed by atoms with Gasteiger partial charge in [-0.1, -0.05) is 76.7 Å². The van der Waals surface area contributed by atoms with Crippen LogP contribution in [0.3, 0.4) is 0 Å². The molecular formula is C29H32BrCl2N3O4S. The van der Waals surface area contributed by atoms with Crippen LogP contribution in [-0.4, -0.2) is 44.3 Å². The number of sulfonamides is 1. The Bertz CT molecular complexity index is 1430. The van der Waals surface area contributed by atoms with Gasteiger partial charge < -0.3 is 10.2 Å². The Hall–Kier alpha value is -2.59. The summed E-state index contributed by atoms with van der Waals surface area (Å²) in [5.41, 5.74) is 1.79. The van der Waals surface area contributed by atoms with Crippen LogP contribution in [0.25, 0.3) is 0 Å². The molecule has 1 atom stereocenters. The predicted octanol–water partition coefficient (Wildman–Crippen LogP) is 6.59. The number of nitrogens with zero attached hydrogens (tertiary/aromatic N) is 2. The summed E-state index contributed by atoms with van der Waals surface area (Å²) in [7, 11) is -4.14. The van der Waals surface area contributed by atoms with Crippen molar-refractivity contribution >= 4 is 66.7 Å². The number of carbonyl (C=O) groups is 2. The van der Waals surface area contributed by atoms with Crippen molar-refractivity contribution in [2.24, 2.45) is 0 Å². The first kappa shape index (κ1) is 31.9. The van der Waals surface area contributed by atoms with E-state index in [0.717, 1.165) is 20.8 Å². The largest absolute Gasteiger partial charge is 0.354 e. The SMILES string of the molecule is CCCNC(=O)[C@@H](CC)N(Cc1ccc(Cl)cc1Cl)C(=O)CN(c1ccc(Br)cc1)S(=O)(=O)c1ccc(C)cc1. The highest BCUT2D eigenvalue weighted by Gasteiger charge is 2.34. The van der Waals surface area contributed by atoms with Crippen molar-refractivity contribution in [3.8, 4) is 0 Å². The van der Waals surface area contributed by atoms with Crippen molar-refractivity contribution in [3.63, 3.8) is 0 Å². The van der Waals surface area contributed by atoms with E-state index < -0.39 is 28.5 Å². The Morgan fingerprint density at radius 1 is 0.975 bits per heavy atom. The Balaban J connectivity index is 2.06. The summed E-state index contributed by atoms with van der Waals surface area (Å²) in [6, 6.07) is 17.1. The summed E-state index contributed by atoms with van der Waals surface area (Å²) in [4.78, 5) is 28.6. The number of anilines is 1. The van der Waals surface area contributed by atoms with E-state index in [-0.39, 0.29) is 17.3 Å². The van der Waals surface area contributed by atoms with Crippen molar-refractivity contribution < 1.29 is 18.0 Å². The van der Waals surface area contributed by atoms with Gasteiger partial charge in [-0.2, -0.15) is 0 Å². The van der Waals surface area contributed by atoms with Crippen LogP contribution >= 0.6 is 39.1 Å². The molecule has 1 N–H and O–H groups in total. The molecule has 0 bridgehead atoms. The van der Waals surface area contributed by atoms with Gasteiger partial charge in [0.15, 0.2) is 0 Å². The van der Waals surface area contributed by atoms with Gasteiger partial charge in [0, 0.05) is 27.6 Å². The maximum absolute atomic E-state index is 14.0. The van der Waals surface area contributed by atoms with E-state index in [4.69, 9.17) is 23.2 Å². The van der Waals surface area contributed by atoms with Crippen LogP contribution < -0.4 is 9.62 Å². The minimum Gasteiger partial charge on any atom is -0.354 e. The average Bonchev–Trinajstić information content (AvgIpc) is 2.92. The number of rotatable bonds is 12. The molecule has 40 heavy (non-hydrogen) atoms. The molecule has 214 valence electrons. The molecule has 0 heterocycles. The Kier molecular flexibility index (Phi) is 11.5. The summed E-state index contributed by atoms with van der Waals surface area (Å²) < 4.78 is 29.6. The quantitative estimate of drug-likeness (QED) is 0.236. The minimum atomic E-state index is -4.14. The minimum absolute atomic E-state index is 0.00829. The van der Waals surface area contributed by atoms with E-state index in [9.17, 15) is 18.0 Å². The van der Waals surface area contributed by atoms with E-state index >= 15 is 0 Å². The summed E-state index contributed by atoms with van der Waals surface area (Å²) in [6.45, 7) is 5.51. The van der Waals surface area contributed by atoms with Crippen LogP contribution in [0.4, 0.5) is 5.69 Å². The van der Waals surface area contributed by atoms with E-state index in [0.29, 0.717) is 34.3 Å². The van der Waals surface area contributed by atoms with Gasteiger partial charge in [0.1, 0.15) is 12.6 Å². The van der Waals surface area contributed by atoms with Gasteiger partial charge in [0.05, 0.1) is 10.6 Å². The van der Waals surface area contributed by atoms with E-state index in [2.05, 4.69) is 21.2 Å². The second-order valence-corrected chi connectivity index (χ2v) is 12.9. The molecular weight excluding hydrogens is 637 g/mol. The molecule has 0 radical (unpaired) electrons. The average molecular weight is 669 g/mol. The molecule has 0 fully saturated rings. The predicted molar refractivity (Wildman–Crippen MR) is 164 cm³/mol. The molecule has 3 aromatic carbocycles. The van der Waals surface area contributed by atoms with Gasteiger partial charge in [-0.25, -0.2) is 8.42 Å². The number of nitrogens with one attached hydrogen (secondary N) is 1. The third-order valence-electron chi connectivity index (χ3n) is 6.29. The second-order valence-electron chi connectivity index (χ2n) is 9.27. The van der Waals surface area contributed by atoms with Crippen LogP contribution in [0, 0.1) is 6.92 Å². The number of halogens is 3. The van der Waals surface area contributed by atoms with Crippen LogP contribution in [-0.2, 0) is 26.2 Å². The molecule has 0 unspecified atom stereocenters. The Labute approximate surface area is 254 Å². The zero-order valence-corrected chi connectivity index (χ0v) is 26.4. The summed E-state index contributed by atoms with van der Waals surface area (Å²) in [6.07, 6.45) is 1.04. The number of carbonyl (C=O) groups excluding carboxylic acids is 2. The smallest absolute Gasteiger partial charge is 0.264 e. The topological polar surface area (TPSA) is 86.8 Å². The first-order chi connectivity index (χ1) is 19.0. The summed E-state index contributed by atoms with van der Waals surface area (Å²) >= 11 is 15.9. The molecule has 0 aliphatic rings. The van der Waals surface area contributed by atoms with Crippen molar-refractivity contribution in [3.05, 3.63) is 92.4 Å². The zero-order chi connectivity index (χ0) is 29.4. The molecule has 3 aromatic rings. The van der Waals surface area contributed by atoms with Gasteiger partial charge in [-0.3, -0.25) is 13.9 Å². The fourth-order valence-electron chi connectivity index (χ4n) is 4.09. The van der Waals surface area contributed by atoms with Crippen molar-refractivity contribution in [2.45, 2.75) is 51.1 Å². The van der Waals surface area contributed by atoms with Crippen molar-refractivity contribution in [1.29, 1.82) is 0 Å². The lowest BCUT2D eigenvalue weighted by molar-refractivity contribution is -0.140. The molecule has 3 rings (SSSR count). The maximum atomic E-state index is 14.0. The maximum Gasteiger partial charge on any atom is 0.264 e.